The molecule has 1 aromatic heterocycles. The lowest BCUT2D eigenvalue weighted by atomic mass is 10.3. The summed E-state index contributed by atoms with van der Waals surface area (Å²) in [6.45, 7) is 0.399. The zero-order valence-electron chi connectivity index (χ0n) is 7.16. The summed E-state index contributed by atoms with van der Waals surface area (Å²) in [5, 5.41) is 1.06. The molecule has 2 aromatic rings. The van der Waals surface area contributed by atoms with Crippen LogP contribution in [0.4, 0.5) is 0 Å². The van der Waals surface area contributed by atoms with E-state index in [1.54, 1.807) is 0 Å². The maximum atomic E-state index is 5.42. The van der Waals surface area contributed by atoms with Crippen molar-refractivity contribution in [2.24, 2.45) is 0 Å². The van der Waals surface area contributed by atoms with Crippen molar-refractivity contribution in [3.05, 3.63) is 24.3 Å². The number of nitrogens with zero attached hydrogens (tertiary/aromatic N) is 1. The molecule has 2 rings (SSSR count). The van der Waals surface area contributed by atoms with Crippen LogP contribution in [0.15, 0.2) is 24.3 Å². The van der Waals surface area contributed by atoms with Crippen molar-refractivity contribution >= 4 is 44.2 Å². The van der Waals surface area contributed by atoms with Gasteiger partial charge in [-0.1, -0.05) is 18.1 Å². The summed E-state index contributed by atoms with van der Waals surface area (Å²) in [5.41, 5.74) is 0. The number of halogens is 1. The zero-order chi connectivity index (χ0) is 9.80. The Hall–Kier alpha value is -0.800. The number of aromatic nitrogens is 1. The van der Waals surface area contributed by atoms with E-state index >= 15 is 0 Å². The Morgan fingerprint density at radius 2 is 2.29 bits per heavy atom. The Bertz CT molecular complexity index is 497. The van der Waals surface area contributed by atoms with E-state index in [2.05, 4.69) is 14.2 Å². The van der Waals surface area contributed by atoms with Crippen molar-refractivity contribution in [2.45, 2.75) is 0 Å². The van der Waals surface area contributed by atoms with Crippen molar-refractivity contribution in [3.63, 3.8) is 0 Å². The Morgan fingerprint density at radius 3 is 3.14 bits per heavy atom. The van der Waals surface area contributed by atoms with Crippen LogP contribution >= 0.6 is 34.1 Å². The highest BCUT2D eigenvalue weighted by Gasteiger charge is 2.04. The van der Waals surface area contributed by atoms with Crippen molar-refractivity contribution in [2.75, 3.05) is 6.61 Å². The van der Waals surface area contributed by atoms with Gasteiger partial charge in [0.2, 0.25) is 5.88 Å². The number of fused-ring (bicyclic) bond motifs is 1. The molecule has 0 unspecified atom stereocenters. The van der Waals surface area contributed by atoms with Gasteiger partial charge in [0.25, 0.3) is 0 Å². The summed E-state index contributed by atoms with van der Waals surface area (Å²) >= 11 is 3.43. The van der Waals surface area contributed by atoms with Crippen molar-refractivity contribution in [3.8, 4) is 15.7 Å². The predicted molar refractivity (Wildman–Crippen MR) is 66.9 cm³/mol. The topological polar surface area (TPSA) is 22.1 Å². The average Bonchev–Trinajstić information content (AvgIpc) is 2.63. The van der Waals surface area contributed by atoms with Gasteiger partial charge in [-0.15, -0.1) is 0 Å². The molecular formula is C10H6INOS. The standard InChI is InChI=1S/C10H6INOS/c11-6-3-7-13-10-8-4-1-2-5-9(8)14-12-10/h1-2,4-5H,7H2. The van der Waals surface area contributed by atoms with Crippen molar-refractivity contribution < 1.29 is 4.74 Å². The van der Waals surface area contributed by atoms with E-state index in [0.29, 0.717) is 12.5 Å². The minimum Gasteiger partial charge on any atom is -0.463 e. The van der Waals surface area contributed by atoms with Gasteiger partial charge in [0.1, 0.15) is 0 Å². The first kappa shape index (κ1) is 9.74. The Kier molecular flexibility index (Phi) is 3.22. The molecule has 0 bridgehead atoms. The zero-order valence-corrected chi connectivity index (χ0v) is 10.1. The van der Waals surface area contributed by atoms with E-state index in [4.69, 9.17) is 4.74 Å². The van der Waals surface area contributed by atoms with Gasteiger partial charge in [-0.05, 0) is 27.6 Å². The van der Waals surface area contributed by atoms with Crippen LogP contribution in [0.5, 0.6) is 5.88 Å². The molecule has 0 saturated heterocycles. The lowest BCUT2D eigenvalue weighted by molar-refractivity contribution is 0.364. The fourth-order valence-electron chi connectivity index (χ4n) is 1.10. The van der Waals surface area contributed by atoms with Crippen LogP contribution in [0.3, 0.4) is 0 Å². The average molecular weight is 315 g/mol. The van der Waals surface area contributed by atoms with Gasteiger partial charge in [-0.25, -0.2) is 0 Å². The van der Waals surface area contributed by atoms with Gasteiger partial charge in [0.05, 0.1) is 10.1 Å². The molecule has 0 N–H and O–H groups in total. The van der Waals surface area contributed by atoms with Gasteiger partial charge in [-0.3, -0.25) is 0 Å². The van der Waals surface area contributed by atoms with Crippen LogP contribution in [-0.4, -0.2) is 11.0 Å². The lowest BCUT2D eigenvalue weighted by Gasteiger charge is -1.96. The molecule has 0 saturated carbocycles. The fourth-order valence-corrected chi connectivity index (χ4v) is 1.98. The van der Waals surface area contributed by atoms with E-state index in [0.717, 1.165) is 10.1 Å². The van der Waals surface area contributed by atoms with Crippen molar-refractivity contribution in [1.29, 1.82) is 0 Å². The predicted octanol–water partition coefficient (Wildman–Crippen LogP) is 3.07. The highest BCUT2D eigenvalue weighted by molar-refractivity contribution is 14.1. The minimum absolute atomic E-state index is 0.399. The number of ether oxygens (including phenoxy) is 1. The summed E-state index contributed by atoms with van der Waals surface area (Å²) in [7, 11) is 0. The second-order valence-corrected chi connectivity index (χ2v) is 3.89. The van der Waals surface area contributed by atoms with Gasteiger partial charge in [0, 0.05) is 22.6 Å². The first-order chi connectivity index (χ1) is 6.92. The molecule has 14 heavy (non-hydrogen) atoms. The molecule has 0 radical (unpaired) electrons. The number of rotatable bonds is 2. The molecule has 70 valence electrons. The Morgan fingerprint density at radius 1 is 1.43 bits per heavy atom. The SMILES string of the molecule is IC#CCOc1nsc2ccccc12. The molecule has 0 aliphatic rings. The van der Waals surface area contributed by atoms with Crippen LogP contribution in [-0.2, 0) is 0 Å². The molecule has 1 heterocycles. The van der Waals surface area contributed by atoms with E-state index in [-0.39, 0.29) is 0 Å². The molecule has 1 aromatic carbocycles. The first-order valence-electron chi connectivity index (χ1n) is 3.97. The van der Waals surface area contributed by atoms with Gasteiger partial charge in [-0.2, -0.15) is 4.37 Å². The number of hydrogen-bond acceptors (Lipinski definition) is 3. The maximum Gasteiger partial charge on any atom is 0.234 e. The summed E-state index contributed by atoms with van der Waals surface area (Å²) in [6.07, 6.45) is 0. The molecule has 0 aliphatic carbocycles. The van der Waals surface area contributed by atoms with Crippen molar-refractivity contribution in [1.82, 2.24) is 4.37 Å². The quantitative estimate of drug-likeness (QED) is 0.628. The highest BCUT2D eigenvalue weighted by atomic mass is 127. The fraction of sp³-hybridized carbons (Fsp3) is 0.100. The second-order valence-electron chi connectivity index (χ2n) is 2.54. The second kappa shape index (κ2) is 4.62. The molecule has 0 fully saturated rings. The molecule has 0 aliphatic heterocycles. The first-order valence-corrected chi connectivity index (χ1v) is 5.83. The third kappa shape index (κ3) is 1.99. The molecule has 0 atom stereocenters. The van der Waals surface area contributed by atoms with Gasteiger partial charge in [0.15, 0.2) is 6.61 Å². The summed E-state index contributed by atoms with van der Waals surface area (Å²) in [5.74, 6) is 3.52. The van der Waals surface area contributed by atoms with Gasteiger partial charge >= 0.3 is 0 Å². The third-order valence-corrected chi connectivity index (χ3v) is 2.88. The molecular weight excluding hydrogens is 309 g/mol. The van der Waals surface area contributed by atoms with E-state index in [1.165, 1.54) is 11.5 Å². The van der Waals surface area contributed by atoms with Gasteiger partial charge < -0.3 is 4.74 Å². The van der Waals surface area contributed by atoms with Crippen LogP contribution in [0.2, 0.25) is 0 Å². The van der Waals surface area contributed by atoms with Crippen LogP contribution in [0.1, 0.15) is 0 Å². The largest absolute Gasteiger partial charge is 0.463 e. The number of benzene rings is 1. The van der Waals surface area contributed by atoms with Crippen LogP contribution < -0.4 is 4.74 Å². The lowest BCUT2D eigenvalue weighted by Crippen LogP contribution is -1.93. The summed E-state index contributed by atoms with van der Waals surface area (Å²) < 4.78 is 13.5. The maximum absolute atomic E-state index is 5.42. The van der Waals surface area contributed by atoms with E-state index in [9.17, 15) is 0 Å². The normalized spacial score (nSPS) is 9.50. The third-order valence-electron chi connectivity index (χ3n) is 1.69. The minimum atomic E-state index is 0.399. The summed E-state index contributed by atoms with van der Waals surface area (Å²) in [6, 6.07) is 8.01. The molecule has 2 nitrogen and oxygen atoms in total. The van der Waals surface area contributed by atoms with E-state index < -0.39 is 0 Å². The Labute approximate surface area is 99.6 Å². The molecule has 0 spiro atoms. The highest BCUT2D eigenvalue weighted by Crippen LogP contribution is 2.27. The summed E-state index contributed by atoms with van der Waals surface area (Å²) in [4.78, 5) is 0. The molecule has 4 heteroatoms. The monoisotopic (exact) mass is 315 g/mol. The molecule has 0 amide bonds. The number of hydrogen-bond donors (Lipinski definition) is 0. The van der Waals surface area contributed by atoms with Crippen LogP contribution in [0.25, 0.3) is 10.1 Å². The van der Waals surface area contributed by atoms with E-state index in [1.807, 2.05) is 46.9 Å². The van der Waals surface area contributed by atoms with Crippen LogP contribution in [0, 0.1) is 9.85 Å². The Balaban J connectivity index is 2.28. The smallest absolute Gasteiger partial charge is 0.234 e.